The summed E-state index contributed by atoms with van der Waals surface area (Å²) in [7, 11) is 0. The minimum Gasteiger partial charge on any atom is -0.361 e. The zero-order valence-electron chi connectivity index (χ0n) is 9.69. The molecule has 0 atom stereocenters. The van der Waals surface area contributed by atoms with Crippen LogP contribution >= 0.6 is 0 Å². The summed E-state index contributed by atoms with van der Waals surface area (Å²) in [5, 5.41) is 10.1. The van der Waals surface area contributed by atoms with Crippen LogP contribution in [0.5, 0.6) is 0 Å². The molecule has 0 bridgehead atoms. The van der Waals surface area contributed by atoms with Gasteiger partial charge in [0.1, 0.15) is 5.82 Å². The van der Waals surface area contributed by atoms with Crippen molar-refractivity contribution in [2.24, 2.45) is 0 Å². The molecule has 3 rings (SSSR count). The quantitative estimate of drug-likeness (QED) is 0.639. The van der Waals surface area contributed by atoms with Crippen LogP contribution < -0.4 is 5.32 Å². The number of hydrogen-bond acceptors (Lipinski definition) is 3. The number of aromatic nitrogens is 4. The number of nitrogens with one attached hydrogen (secondary N) is 3. The first-order valence-corrected chi connectivity index (χ1v) is 5.50. The van der Waals surface area contributed by atoms with E-state index in [1.54, 1.807) is 19.2 Å². The lowest BCUT2D eigenvalue weighted by Crippen LogP contribution is -2.13. The van der Waals surface area contributed by atoms with Gasteiger partial charge in [-0.25, -0.2) is 0 Å². The van der Waals surface area contributed by atoms with Crippen LogP contribution in [0.2, 0.25) is 0 Å². The van der Waals surface area contributed by atoms with Gasteiger partial charge in [-0.3, -0.25) is 15.2 Å². The third-order valence-corrected chi connectivity index (χ3v) is 2.66. The summed E-state index contributed by atoms with van der Waals surface area (Å²) in [5.74, 6) is 0.717. The van der Waals surface area contributed by atoms with Crippen molar-refractivity contribution < 1.29 is 4.79 Å². The van der Waals surface area contributed by atoms with E-state index in [0.717, 1.165) is 10.9 Å². The van der Waals surface area contributed by atoms with E-state index >= 15 is 0 Å². The van der Waals surface area contributed by atoms with E-state index in [1.807, 2.05) is 18.2 Å². The summed E-state index contributed by atoms with van der Waals surface area (Å²) in [6.07, 6.45) is 1.80. The van der Waals surface area contributed by atoms with E-state index in [1.165, 1.54) is 0 Å². The highest BCUT2D eigenvalue weighted by Gasteiger charge is 2.12. The number of hydrogen-bond donors (Lipinski definition) is 3. The van der Waals surface area contributed by atoms with Crippen LogP contribution in [0.1, 0.15) is 16.2 Å². The highest BCUT2D eigenvalue weighted by molar-refractivity contribution is 6.11. The van der Waals surface area contributed by atoms with Crippen molar-refractivity contribution in [2.45, 2.75) is 6.92 Å². The normalized spacial score (nSPS) is 10.7. The Bertz CT molecular complexity index is 712. The van der Waals surface area contributed by atoms with E-state index in [4.69, 9.17) is 0 Å². The molecule has 2 heterocycles. The van der Waals surface area contributed by atoms with Gasteiger partial charge in [-0.2, -0.15) is 4.98 Å². The van der Waals surface area contributed by atoms with Gasteiger partial charge in [0.2, 0.25) is 5.95 Å². The molecule has 6 heteroatoms. The molecule has 3 aromatic rings. The van der Waals surface area contributed by atoms with Crippen LogP contribution in [-0.2, 0) is 0 Å². The Morgan fingerprint density at radius 2 is 2.22 bits per heavy atom. The Morgan fingerprint density at radius 1 is 1.33 bits per heavy atom. The molecule has 90 valence electrons. The van der Waals surface area contributed by atoms with Crippen molar-refractivity contribution in [1.29, 1.82) is 0 Å². The fourth-order valence-electron chi connectivity index (χ4n) is 1.85. The molecule has 0 saturated heterocycles. The zero-order chi connectivity index (χ0) is 12.5. The first-order valence-electron chi connectivity index (χ1n) is 5.50. The first kappa shape index (κ1) is 10.5. The van der Waals surface area contributed by atoms with Crippen LogP contribution in [0.3, 0.4) is 0 Å². The number of aryl methyl sites for hydroxylation is 1. The van der Waals surface area contributed by atoms with Crippen molar-refractivity contribution in [2.75, 3.05) is 5.32 Å². The molecule has 0 aliphatic rings. The molecule has 0 radical (unpaired) electrons. The Hall–Kier alpha value is -2.63. The second kappa shape index (κ2) is 3.99. The number of rotatable bonds is 2. The molecule has 2 aromatic heterocycles. The maximum absolute atomic E-state index is 12.1. The van der Waals surface area contributed by atoms with E-state index in [0.29, 0.717) is 11.4 Å². The Balaban J connectivity index is 1.94. The number of aromatic amines is 2. The van der Waals surface area contributed by atoms with E-state index < -0.39 is 0 Å². The van der Waals surface area contributed by atoms with Gasteiger partial charge in [-0.15, -0.1) is 5.10 Å². The van der Waals surface area contributed by atoms with E-state index in [-0.39, 0.29) is 11.9 Å². The molecule has 0 unspecified atom stereocenters. The van der Waals surface area contributed by atoms with Gasteiger partial charge in [0.15, 0.2) is 0 Å². The molecule has 0 saturated carbocycles. The molecular formula is C12H11N5O. The Morgan fingerprint density at radius 3 is 3.00 bits per heavy atom. The number of benzene rings is 1. The number of carbonyl (C=O) groups is 1. The molecule has 0 aliphatic heterocycles. The van der Waals surface area contributed by atoms with Crippen molar-refractivity contribution in [1.82, 2.24) is 20.2 Å². The standard InChI is InChI=1S/C12H11N5O/c1-7-14-12(17-16-7)15-11(18)9-3-2-4-10-8(9)5-6-13-10/h2-6,13H,1H3,(H2,14,15,16,17,18). The average Bonchev–Trinajstić information content (AvgIpc) is 2.97. The monoisotopic (exact) mass is 241 g/mol. The van der Waals surface area contributed by atoms with E-state index in [9.17, 15) is 4.79 Å². The largest absolute Gasteiger partial charge is 0.361 e. The fraction of sp³-hybridized carbons (Fsp3) is 0.0833. The SMILES string of the molecule is Cc1nc(NC(=O)c2cccc3[nH]ccc23)n[nH]1. The van der Waals surface area contributed by atoms with Crippen molar-refractivity contribution in [3.05, 3.63) is 41.9 Å². The van der Waals surface area contributed by atoms with Gasteiger partial charge in [0, 0.05) is 22.7 Å². The van der Waals surface area contributed by atoms with Crippen molar-refractivity contribution >= 4 is 22.8 Å². The third-order valence-electron chi connectivity index (χ3n) is 2.66. The minimum atomic E-state index is -0.223. The predicted molar refractivity (Wildman–Crippen MR) is 67.4 cm³/mol. The van der Waals surface area contributed by atoms with Gasteiger partial charge < -0.3 is 4.98 Å². The van der Waals surface area contributed by atoms with Crippen LogP contribution in [0.4, 0.5) is 5.95 Å². The molecule has 1 aromatic carbocycles. The zero-order valence-corrected chi connectivity index (χ0v) is 9.69. The minimum absolute atomic E-state index is 0.223. The molecule has 18 heavy (non-hydrogen) atoms. The van der Waals surface area contributed by atoms with Crippen LogP contribution in [0.25, 0.3) is 10.9 Å². The number of fused-ring (bicyclic) bond motifs is 1. The van der Waals surface area contributed by atoms with Gasteiger partial charge >= 0.3 is 0 Å². The van der Waals surface area contributed by atoms with Crippen molar-refractivity contribution in [3.63, 3.8) is 0 Å². The summed E-state index contributed by atoms with van der Waals surface area (Å²) >= 11 is 0. The highest BCUT2D eigenvalue weighted by Crippen LogP contribution is 2.18. The second-order valence-electron chi connectivity index (χ2n) is 3.94. The summed E-state index contributed by atoms with van der Waals surface area (Å²) in [5.41, 5.74) is 1.52. The summed E-state index contributed by atoms with van der Waals surface area (Å²) in [6.45, 7) is 1.77. The smallest absolute Gasteiger partial charge is 0.258 e. The molecule has 6 nitrogen and oxygen atoms in total. The van der Waals surface area contributed by atoms with E-state index in [2.05, 4.69) is 25.5 Å². The predicted octanol–water partition coefficient (Wildman–Crippen LogP) is 1.85. The number of amides is 1. The number of nitrogens with zero attached hydrogens (tertiary/aromatic N) is 2. The lowest BCUT2D eigenvalue weighted by Gasteiger charge is -2.02. The van der Waals surface area contributed by atoms with Crippen LogP contribution in [0, 0.1) is 6.92 Å². The number of carbonyl (C=O) groups excluding carboxylic acids is 1. The lowest BCUT2D eigenvalue weighted by molar-refractivity contribution is 0.102. The summed E-state index contributed by atoms with van der Waals surface area (Å²) < 4.78 is 0. The molecule has 1 amide bonds. The maximum Gasteiger partial charge on any atom is 0.258 e. The molecule has 0 aliphatic carbocycles. The molecule has 3 N–H and O–H groups in total. The lowest BCUT2D eigenvalue weighted by atomic mass is 10.1. The second-order valence-corrected chi connectivity index (χ2v) is 3.94. The highest BCUT2D eigenvalue weighted by atomic mass is 16.1. The fourth-order valence-corrected chi connectivity index (χ4v) is 1.85. The topological polar surface area (TPSA) is 86.5 Å². The van der Waals surface area contributed by atoms with Gasteiger partial charge in [-0.05, 0) is 25.1 Å². The van der Waals surface area contributed by atoms with Crippen LogP contribution in [0.15, 0.2) is 30.5 Å². The average molecular weight is 241 g/mol. The molecule has 0 fully saturated rings. The maximum atomic E-state index is 12.1. The summed E-state index contributed by atoms with van der Waals surface area (Å²) in [6, 6.07) is 7.39. The van der Waals surface area contributed by atoms with Gasteiger partial charge in [0.25, 0.3) is 5.91 Å². The first-order chi connectivity index (χ1) is 8.74. The molecular weight excluding hydrogens is 230 g/mol. The van der Waals surface area contributed by atoms with Crippen LogP contribution in [-0.4, -0.2) is 26.1 Å². The Kier molecular flexibility index (Phi) is 2.33. The van der Waals surface area contributed by atoms with Gasteiger partial charge in [0.05, 0.1) is 0 Å². The summed E-state index contributed by atoms with van der Waals surface area (Å²) in [4.78, 5) is 19.2. The molecule has 0 spiro atoms. The Labute approximate surface area is 102 Å². The third kappa shape index (κ3) is 1.73. The van der Waals surface area contributed by atoms with Gasteiger partial charge in [-0.1, -0.05) is 6.07 Å². The number of anilines is 1. The van der Waals surface area contributed by atoms with Crippen molar-refractivity contribution in [3.8, 4) is 0 Å². The number of H-pyrrole nitrogens is 2.